The first kappa shape index (κ1) is 20.6. The van der Waals surface area contributed by atoms with Crippen molar-refractivity contribution < 1.29 is 9.53 Å². The molecule has 0 bridgehead atoms. The number of nitrogens with zero attached hydrogens (tertiary/aromatic N) is 1. The van der Waals surface area contributed by atoms with E-state index < -0.39 is 0 Å². The summed E-state index contributed by atoms with van der Waals surface area (Å²) in [4.78, 5) is 14.8. The Balaban J connectivity index is 1.67. The molecule has 1 aliphatic rings. The third kappa shape index (κ3) is 5.23. The van der Waals surface area contributed by atoms with Crippen LogP contribution in [0.5, 0.6) is 5.75 Å². The van der Waals surface area contributed by atoms with E-state index in [0.717, 1.165) is 48.4 Å². The van der Waals surface area contributed by atoms with Gasteiger partial charge >= 0.3 is 0 Å². The highest BCUT2D eigenvalue weighted by molar-refractivity contribution is 5.97. The first-order chi connectivity index (χ1) is 13.6. The Morgan fingerprint density at radius 3 is 2.61 bits per heavy atom. The van der Waals surface area contributed by atoms with Crippen molar-refractivity contribution in [3.05, 3.63) is 53.1 Å². The highest BCUT2D eigenvalue weighted by atomic mass is 16.5. The van der Waals surface area contributed by atoms with Gasteiger partial charge in [0.1, 0.15) is 5.75 Å². The van der Waals surface area contributed by atoms with Crippen molar-refractivity contribution in [2.45, 2.75) is 52.9 Å². The predicted octanol–water partition coefficient (Wildman–Crippen LogP) is 5.82. The molecule has 1 saturated heterocycles. The number of hydrogen-bond acceptors (Lipinski definition) is 3. The van der Waals surface area contributed by atoms with Crippen LogP contribution in [0.4, 0.5) is 0 Å². The van der Waals surface area contributed by atoms with E-state index in [0.29, 0.717) is 6.42 Å². The van der Waals surface area contributed by atoms with Crippen LogP contribution in [0.3, 0.4) is 0 Å². The summed E-state index contributed by atoms with van der Waals surface area (Å²) in [6.07, 6.45) is 5.23. The Labute approximate surface area is 169 Å². The normalized spacial score (nSPS) is 14.4. The van der Waals surface area contributed by atoms with Crippen molar-refractivity contribution >= 4 is 5.78 Å². The van der Waals surface area contributed by atoms with Crippen molar-refractivity contribution in [3.63, 3.8) is 0 Å². The van der Waals surface area contributed by atoms with Gasteiger partial charge in [-0.2, -0.15) is 0 Å². The Hall–Kier alpha value is -2.13. The van der Waals surface area contributed by atoms with E-state index in [1.54, 1.807) is 0 Å². The first-order valence-electron chi connectivity index (χ1n) is 10.7. The van der Waals surface area contributed by atoms with Crippen LogP contribution in [-0.2, 0) is 0 Å². The Kier molecular flexibility index (Phi) is 7.27. The topological polar surface area (TPSA) is 29.5 Å². The number of aryl methyl sites for hydroxylation is 2. The van der Waals surface area contributed by atoms with Crippen LogP contribution in [0.15, 0.2) is 36.4 Å². The lowest BCUT2D eigenvalue weighted by Crippen LogP contribution is -2.22. The minimum absolute atomic E-state index is 0.219. The molecule has 150 valence electrons. The lowest BCUT2D eigenvalue weighted by molar-refractivity contribution is 0.0982. The number of likely N-dealkylation sites (tertiary alicyclic amines) is 1. The van der Waals surface area contributed by atoms with Crippen molar-refractivity contribution in [3.8, 4) is 16.9 Å². The fraction of sp³-hybridized carbons (Fsp3) is 0.480. The van der Waals surface area contributed by atoms with Crippen molar-refractivity contribution in [2.75, 3.05) is 26.2 Å². The van der Waals surface area contributed by atoms with Gasteiger partial charge in [0.15, 0.2) is 5.78 Å². The summed E-state index contributed by atoms with van der Waals surface area (Å²) >= 11 is 0. The van der Waals surface area contributed by atoms with E-state index in [2.05, 4.69) is 36.9 Å². The molecule has 3 nitrogen and oxygen atoms in total. The summed E-state index contributed by atoms with van der Waals surface area (Å²) in [5.41, 5.74) is 5.40. The second-order valence-electron chi connectivity index (χ2n) is 7.94. The molecule has 1 fully saturated rings. The zero-order valence-corrected chi connectivity index (χ0v) is 17.6. The van der Waals surface area contributed by atoms with Crippen LogP contribution in [0.25, 0.3) is 11.1 Å². The van der Waals surface area contributed by atoms with Crippen LogP contribution in [0, 0.1) is 13.8 Å². The molecule has 2 aromatic carbocycles. The quantitative estimate of drug-likeness (QED) is 0.406. The van der Waals surface area contributed by atoms with Crippen LogP contribution in [-0.4, -0.2) is 36.9 Å². The van der Waals surface area contributed by atoms with E-state index in [-0.39, 0.29) is 5.78 Å². The Morgan fingerprint density at radius 1 is 1.07 bits per heavy atom. The molecular formula is C25H33NO2. The average molecular weight is 380 g/mol. The first-order valence-corrected chi connectivity index (χ1v) is 10.7. The van der Waals surface area contributed by atoms with Gasteiger partial charge in [0.25, 0.3) is 0 Å². The van der Waals surface area contributed by atoms with Crippen LogP contribution >= 0.6 is 0 Å². The zero-order valence-electron chi connectivity index (χ0n) is 17.6. The number of ketones is 1. The van der Waals surface area contributed by atoms with Crippen molar-refractivity contribution in [2.24, 2.45) is 0 Å². The third-order valence-electron chi connectivity index (χ3n) is 5.57. The summed E-state index contributed by atoms with van der Waals surface area (Å²) in [6, 6.07) is 12.3. The number of carbonyl (C=O) groups excluding carboxylic acids is 1. The highest BCUT2D eigenvalue weighted by Crippen LogP contribution is 2.31. The summed E-state index contributed by atoms with van der Waals surface area (Å²) < 4.78 is 6.08. The molecule has 28 heavy (non-hydrogen) atoms. The standard InChI is InChI=1S/C25H33NO2/c1-4-9-24(27)22-11-7-10-21(18-22)23-16-20(3)25(17-19(23)2)28-15-8-14-26-12-5-6-13-26/h7,10-11,16-18H,4-6,8-9,12-15H2,1-3H3. The summed E-state index contributed by atoms with van der Waals surface area (Å²) in [5.74, 6) is 1.19. The minimum atomic E-state index is 0.219. The third-order valence-corrected chi connectivity index (χ3v) is 5.57. The van der Waals surface area contributed by atoms with E-state index in [1.807, 2.05) is 25.1 Å². The molecule has 0 aliphatic carbocycles. The van der Waals surface area contributed by atoms with E-state index in [1.165, 1.54) is 37.1 Å². The molecule has 0 unspecified atom stereocenters. The number of benzene rings is 2. The summed E-state index contributed by atoms with van der Waals surface area (Å²) in [5, 5.41) is 0. The van der Waals surface area contributed by atoms with E-state index in [9.17, 15) is 4.79 Å². The molecule has 0 radical (unpaired) electrons. The van der Waals surface area contributed by atoms with Gasteiger partial charge < -0.3 is 9.64 Å². The maximum Gasteiger partial charge on any atom is 0.162 e. The summed E-state index contributed by atoms with van der Waals surface area (Å²) in [7, 11) is 0. The zero-order chi connectivity index (χ0) is 19.9. The van der Waals surface area contributed by atoms with Crippen LogP contribution in [0.1, 0.15) is 60.5 Å². The van der Waals surface area contributed by atoms with Gasteiger partial charge in [-0.3, -0.25) is 4.79 Å². The van der Waals surface area contributed by atoms with Crippen LogP contribution < -0.4 is 4.74 Å². The molecule has 0 amide bonds. The van der Waals surface area contributed by atoms with E-state index in [4.69, 9.17) is 4.74 Å². The molecular weight excluding hydrogens is 346 g/mol. The maximum absolute atomic E-state index is 12.3. The molecule has 3 rings (SSSR count). The fourth-order valence-corrected chi connectivity index (χ4v) is 3.96. The molecule has 0 atom stereocenters. The van der Waals surface area contributed by atoms with Crippen molar-refractivity contribution in [1.29, 1.82) is 0 Å². The molecule has 1 heterocycles. The minimum Gasteiger partial charge on any atom is -0.493 e. The van der Waals surface area contributed by atoms with Crippen LogP contribution in [0.2, 0.25) is 0 Å². The van der Waals surface area contributed by atoms with Gasteiger partial charge in [0.05, 0.1) is 6.61 Å². The molecule has 2 aromatic rings. The smallest absolute Gasteiger partial charge is 0.162 e. The second kappa shape index (κ2) is 9.88. The second-order valence-corrected chi connectivity index (χ2v) is 7.94. The van der Waals surface area contributed by atoms with Crippen molar-refractivity contribution in [1.82, 2.24) is 4.90 Å². The molecule has 0 spiro atoms. The molecule has 3 heteroatoms. The SMILES string of the molecule is CCCC(=O)c1cccc(-c2cc(C)c(OCCCN3CCCC3)cc2C)c1. The van der Waals surface area contributed by atoms with Gasteiger partial charge in [0, 0.05) is 18.5 Å². The predicted molar refractivity (Wildman–Crippen MR) is 116 cm³/mol. The van der Waals surface area contributed by atoms with Gasteiger partial charge in [-0.1, -0.05) is 25.1 Å². The lowest BCUT2D eigenvalue weighted by atomic mass is 9.95. The Morgan fingerprint density at radius 2 is 1.86 bits per heavy atom. The van der Waals surface area contributed by atoms with Gasteiger partial charge in [-0.25, -0.2) is 0 Å². The van der Waals surface area contributed by atoms with Gasteiger partial charge in [0.2, 0.25) is 0 Å². The number of carbonyl (C=O) groups is 1. The largest absolute Gasteiger partial charge is 0.493 e. The Bertz CT molecular complexity index is 806. The highest BCUT2D eigenvalue weighted by Gasteiger charge is 2.12. The monoisotopic (exact) mass is 379 g/mol. The molecule has 0 N–H and O–H groups in total. The number of ether oxygens (including phenoxy) is 1. The van der Waals surface area contributed by atoms with Gasteiger partial charge in [-0.15, -0.1) is 0 Å². The maximum atomic E-state index is 12.3. The average Bonchev–Trinajstić information content (AvgIpc) is 3.21. The number of rotatable bonds is 9. The summed E-state index contributed by atoms with van der Waals surface area (Å²) in [6.45, 7) is 10.6. The lowest BCUT2D eigenvalue weighted by Gasteiger charge is -2.16. The number of Topliss-reactive ketones (excluding diaryl/α,β-unsaturated/α-hetero) is 1. The van der Waals surface area contributed by atoms with Gasteiger partial charge in [-0.05, 0) is 93.1 Å². The molecule has 0 saturated carbocycles. The fourth-order valence-electron chi connectivity index (χ4n) is 3.96. The molecule has 0 aromatic heterocycles. The number of hydrogen-bond donors (Lipinski definition) is 0. The molecule has 1 aliphatic heterocycles. The van der Waals surface area contributed by atoms with E-state index >= 15 is 0 Å².